The fourth-order valence-electron chi connectivity index (χ4n) is 10.6. The Hall–Kier alpha value is -7.23. The average molecular weight is 756 g/mol. The third-order valence-electron chi connectivity index (χ3n) is 13.3. The SMILES string of the molecule is CCC1C=CC2=C(C1)C(c1ccccc1)(c1ccccc1)c1cc3c(cc12)c1ccccc1n3-c1ccc(-c2ccc(-n3c4ccccc4c4cnccc43)cc2)cc1. The quantitative estimate of drug-likeness (QED) is 0.166. The molecule has 0 aliphatic heterocycles. The van der Waals surface area contributed by atoms with Crippen molar-refractivity contribution in [3.63, 3.8) is 0 Å². The first-order valence-electron chi connectivity index (χ1n) is 20.9. The second-order valence-electron chi connectivity index (χ2n) is 16.2. The van der Waals surface area contributed by atoms with E-state index in [1.54, 1.807) is 0 Å². The average Bonchev–Trinajstić information content (AvgIpc) is 3.92. The molecule has 3 heterocycles. The minimum atomic E-state index is -0.396. The van der Waals surface area contributed by atoms with E-state index in [0.29, 0.717) is 5.92 Å². The van der Waals surface area contributed by atoms with E-state index in [1.807, 2.05) is 12.4 Å². The van der Waals surface area contributed by atoms with Crippen LogP contribution < -0.4 is 0 Å². The Bertz CT molecular complexity index is 3210. The summed E-state index contributed by atoms with van der Waals surface area (Å²) < 4.78 is 4.82. The van der Waals surface area contributed by atoms with Gasteiger partial charge in [-0.3, -0.25) is 4.98 Å². The number of para-hydroxylation sites is 2. The number of benzene rings is 7. The number of hydrogen-bond acceptors (Lipinski definition) is 1. The van der Waals surface area contributed by atoms with E-state index in [2.05, 4.69) is 209 Å². The van der Waals surface area contributed by atoms with Crippen molar-refractivity contribution in [2.24, 2.45) is 5.92 Å². The zero-order valence-corrected chi connectivity index (χ0v) is 32.9. The highest BCUT2D eigenvalue weighted by Crippen LogP contribution is 2.59. The number of aromatic nitrogens is 3. The Morgan fingerprint density at radius 1 is 0.542 bits per heavy atom. The van der Waals surface area contributed by atoms with Gasteiger partial charge in [-0.2, -0.15) is 0 Å². The lowest BCUT2D eigenvalue weighted by Crippen LogP contribution is -2.31. The molecule has 2 aliphatic rings. The van der Waals surface area contributed by atoms with Gasteiger partial charge in [-0.05, 0) is 118 Å². The lowest BCUT2D eigenvalue weighted by molar-refractivity contribution is 0.570. The van der Waals surface area contributed by atoms with Gasteiger partial charge in [0, 0.05) is 45.3 Å². The standard InChI is InChI=1S/C56H41N3/c1-2-37-21-30-44-47-34-48-45-17-9-11-19-52(45)59(55(48)35-51(47)56(50(44)33-37,40-13-5-3-6-14-40)41-15-7-4-8-16-41)43-28-24-39(25-29-43)38-22-26-42(27-23-38)58-53-20-12-10-18-46(53)49-36-57-32-31-54(49)58/h3-32,34-37H,2,33H2,1H3. The normalized spacial score (nSPS) is 15.7. The Labute approximate surface area is 343 Å². The lowest BCUT2D eigenvalue weighted by Gasteiger charge is -2.37. The van der Waals surface area contributed by atoms with Gasteiger partial charge >= 0.3 is 0 Å². The maximum Gasteiger partial charge on any atom is 0.0677 e. The predicted molar refractivity (Wildman–Crippen MR) is 246 cm³/mol. The van der Waals surface area contributed by atoms with Crippen molar-refractivity contribution >= 4 is 49.2 Å². The Morgan fingerprint density at radius 2 is 1.08 bits per heavy atom. The first-order valence-corrected chi connectivity index (χ1v) is 20.9. The summed E-state index contributed by atoms with van der Waals surface area (Å²) in [4.78, 5) is 4.43. The number of hydrogen-bond donors (Lipinski definition) is 0. The summed E-state index contributed by atoms with van der Waals surface area (Å²) in [6.45, 7) is 2.32. The van der Waals surface area contributed by atoms with E-state index in [4.69, 9.17) is 0 Å². The molecule has 0 radical (unpaired) electrons. The van der Waals surface area contributed by atoms with Gasteiger partial charge in [-0.15, -0.1) is 0 Å². The molecular formula is C56H41N3. The van der Waals surface area contributed by atoms with Gasteiger partial charge < -0.3 is 9.13 Å². The summed E-state index contributed by atoms with van der Waals surface area (Å²) in [6.07, 6.45) is 10.9. The van der Waals surface area contributed by atoms with Crippen LogP contribution in [0.4, 0.5) is 0 Å². The maximum absolute atomic E-state index is 4.43. The Balaban J connectivity index is 1.01. The fraction of sp³-hybridized carbons (Fsp3) is 0.0893. The van der Waals surface area contributed by atoms with Crippen LogP contribution in [0.1, 0.15) is 42.0 Å². The molecule has 2 aliphatic carbocycles. The van der Waals surface area contributed by atoms with Crippen molar-refractivity contribution in [1.82, 2.24) is 14.1 Å². The summed E-state index contributed by atoms with van der Waals surface area (Å²) in [5, 5.41) is 4.95. The molecule has 0 saturated heterocycles. The highest BCUT2D eigenvalue weighted by atomic mass is 15.0. The molecule has 0 bridgehead atoms. The van der Waals surface area contributed by atoms with Gasteiger partial charge in [0.15, 0.2) is 0 Å². The molecule has 59 heavy (non-hydrogen) atoms. The van der Waals surface area contributed by atoms with Crippen molar-refractivity contribution in [1.29, 1.82) is 0 Å². The van der Waals surface area contributed by atoms with Crippen molar-refractivity contribution in [3.8, 4) is 22.5 Å². The van der Waals surface area contributed by atoms with Crippen LogP contribution in [0.5, 0.6) is 0 Å². The molecule has 1 atom stereocenters. The van der Waals surface area contributed by atoms with Gasteiger partial charge in [0.2, 0.25) is 0 Å². The minimum absolute atomic E-state index is 0.396. The van der Waals surface area contributed by atoms with Crippen LogP contribution in [0, 0.1) is 5.92 Å². The highest BCUT2D eigenvalue weighted by molar-refractivity contribution is 6.12. The molecule has 7 aromatic carbocycles. The van der Waals surface area contributed by atoms with E-state index in [9.17, 15) is 0 Å². The van der Waals surface area contributed by atoms with Gasteiger partial charge in [-0.1, -0.05) is 140 Å². The topological polar surface area (TPSA) is 22.8 Å². The van der Waals surface area contributed by atoms with E-state index in [0.717, 1.165) is 29.7 Å². The zero-order valence-electron chi connectivity index (χ0n) is 32.9. The van der Waals surface area contributed by atoms with Crippen molar-refractivity contribution in [2.75, 3.05) is 0 Å². The van der Waals surface area contributed by atoms with E-state index < -0.39 is 5.41 Å². The molecule has 3 nitrogen and oxygen atoms in total. The summed E-state index contributed by atoms with van der Waals surface area (Å²) in [7, 11) is 0. The van der Waals surface area contributed by atoms with Crippen molar-refractivity contribution < 1.29 is 0 Å². The third kappa shape index (κ3) is 4.91. The number of nitrogens with zero attached hydrogens (tertiary/aromatic N) is 3. The number of fused-ring (bicyclic) bond motifs is 8. The van der Waals surface area contributed by atoms with Crippen LogP contribution in [0.15, 0.2) is 206 Å². The maximum atomic E-state index is 4.43. The number of allylic oxidation sites excluding steroid dienone is 4. The highest BCUT2D eigenvalue weighted by Gasteiger charge is 2.48. The van der Waals surface area contributed by atoms with Gasteiger partial charge in [-0.25, -0.2) is 0 Å². The van der Waals surface area contributed by atoms with Crippen molar-refractivity contribution in [2.45, 2.75) is 25.2 Å². The first-order chi connectivity index (χ1) is 29.2. The Kier molecular flexibility index (Phi) is 7.55. The summed E-state index contributed by atoms with van der Waals surface area (Å²) in [5.74, 6) is 0.514. The summed E-state index contributed by atoms with van der Waals surface area (Å²) in [6, 6.07) is 65.3. The second-order valence-corrected chi connectivity index (χ2v) is 16.2. The van der Waals surface area contributed by atoms with Gasteiger partial charge in [0.1, 0.15) is 0 Å². The second kappa shape index (κ2) is 13.2. The molecule has 0 amide bonds. The predicted octanol–water partition coefficient (Wildman–Crippen LogP) is 14.0. The number of pyridine rings is 1. The molecular weight excluding hydrogens is 715 g/mol. The molecule has 10 aromatic rings. The zero-order chi connectivity index (χ0) is 39.1. The Morgan fingerprint density at radius 3 is 1.69 bits per heavy atom. The van der Waals surface area contributed by atoms with Gasteiger partial charge in [0.25, 0.3) is 0 Å². The molecule has 0 fully saturated rings. The molecule has 3 heteroatoms. The molecule has 1 unspecified atom stereocenters. The number of rotatable bonds is 6. The van der Waals surface area contributed by atoms with Crippen LogP contribution in [0.25, 0.3) is 71.7 Å². The van der Waals surface area contributed by atoms with E-state index in [-0.39, 0.29) is 0 Å². The van der Waals surface area contributed by atoms with E-state index in [1.165, 1.54) is 82.6 Å². The largest absolute Gasteiger partial charge is 0.309 e. The van der Waals surface area contributed by atoms with Gasteiger partial charge in [0.05, 0.1) is 27.5 Å². The van der Waals surface area contributed by atoms with Crippen molar-refractivity contribution in [3.05, 3.63) is 228 Å². The first kappa shape index (κ1) is 33.9. The smallest absolute Gasteiger partial charge is 0.0677 e. The van der Waals surface area contributed by atoms with Crippen LogP contribution in [0.3, 0.4) is 0 Å². The summed E-state index contributed by atoms with van der Waals surface area (Å²) in [5.41, 5.74) is 17.4. The van der Waals surface area contributed by atoms with Crippen LogP contribution in [-0.4, -0.2) is 14.1 Å². The van der Waals surface area contributed by atoms with E-state index >= 15 is 0 Å². The fourth-order valence-corrected chi connectivity index (χ4v) is 10.6. The minimum Gasteiger partial charge on any atom is -0.309 e. The van der Waals surface area contributed by atoms with Crippen LogP contribution in [-0.2, 0) is 5.41 Å². The third-order valence-corrected chi connectivity index (χ3v) is 13.3. The molecule has 0 saturated carbocycles. The lowest BCUT2D eigenvalue weighted by atomic mass is 9.64. The molecule has 12 rings (SSSR count). The molecule has 0 spiro atoms. The van der Waals surface area contributed by atoms with Crippen LogP contribution >= 0.6 is 0 Å². The summed E-state index contributed by atoms with van der Waals surface area (Å²) >= 11 is 0. The molecule has 3 aromatic heterocycles. The monoisotopic (exact) mass is 755 g/mol. The van der Waals surface area contributed by atoms with Crippen LogP contribution in [0.2, 0.25) is 0 Å². The molecule has 280 valence electrons. The molecule has 0 N–H and O–H groups in total.